The van der Waals surface area contributed by atoms with E-state index in [1.165, 1.54) is 24.0 Å². The number of piperidine rings is 1. The average molecular weight is 409 g/mol. The number of benzene rings is 1. The summed E-state index contributed by atoms with van der Waals surface area (Å²) in [6, 6.07) is 8.50. The smallest absolute Gasteiger partial charge is 0.263 e. The van der Waals surface area contributed by atoms with E-state index in [-0.39, 0.29) is 11.1 Å². The Morgan fingerprint density at radius 3 is 2.73 bits per heavy atom. The van der Waals surface area contributed by atoms with Gasteiger partial charge in [0.15, 0.2) is 5.65 Å². The van der Waals surface area contributed by atoms with Crippen molar-refractivity contribution in [3.63, 3.8) is 0 Å². The van der Waals surface area contributed by atoms with Crippen LogP contribution in [0.25, 0.3) is 11.0 Å². The number of fused-ring (bicyclic) bond motifs is 1. The monoisotopic (exact) mass is 408 g/mol. The van der Waals surface area contributed by atoms with Gasteiger partial charge in [0, 0.05) is 19.6 Å². The Labute approximate surface area is 177 Å². The molecule has 3 heterocycles. The topological polar surface area (TPSA) is 78.8 Å². The summed E-state index contributed by atoms with van der Waals surface area (Å²) in [5, 5.41) is 8.20. The molecule has 1 aromatic carbocycles. The van der Waals surface area contributed by atoms with Gasteiger partial charge in [-0.2, -0.15) is 10.1 Å². The van der Waals surface area contributed by atoms with E-state index >= 15 is 0 Å². The zero-order valence-corrected chi connectivity index (χ0v) is 18.4. The lowest BCUT2D eigenvalue weighted by molar-refractivity contribution is 0.176. The molecular formula is C23H32N6O. The Kier molecular flexibility index (Phi) is 5.64. The Balaban J connectivity index is 1.54. The van der Waals surface area contributed by atoms with Crippen molar-refractivity contribution < 1.29 is 0 Å². The largest absolute Gasteiger partial charge is 0.352 e. The van der Waals surface area contributed by atoms with Gasteiger partial charge in [0.2, 0.25) is 5.95 Å². The average Bonchev–Trinajstić information content (AvgIpc) is 3.12. The lowest BCUT2D eigenvalue weighted by Crippen LogP contribution is -2.34. The third kappa shape index (κ3) is 4.41. The number of likely N-dealkylation sites (tertiary alicyclic amines) is 1. The first-order chi connectivity index (χ1) is 14.3. The minimum Gasteiger partial charge on any atom is -0.352 e. The fourth-order valence-corrected chi connectivity index (χ4v) is 4.23. The number of nitrogens with one attached hydrogen (secondary N) is 2. The van der Waals surface area contributed by atoms with Crippen LogP contribution >= 0.6 is 0 Å². The van der Waals surface area contributed by atoms with E-state index < -0.39 is 0 Å². The van der Waals surface area contributed by atoms with Crippen molar-refractivity contribution in [2.24, 2.45) is 5.92 Å². The maximum Gasteiger partial charge on any atom is 0.263 e. The standard InChI is InChI=1S/C23H32N6O/c1-16-8-7-11-28(14-16)15-18-10-6-5-9-17(18)12-24-22-26-20-19(21(30)27-22)13-25-29(20)23(2,3)4/h5-6,9-10,13,16H,7-8,11-12,14-15H2,1-4H3,(H2,24,26,27,30). The second-order valence-corrected chi connectivity index (χ2v) is 9.48. The third-order valence-electron chi connectivity index (χ3n) is 5.77. The van der Waals surface area contributed by atoms with E-state index in [9.17, 15) is 4.79 Å². The van der Waals surface area contributed by atoms with Gasteiger partial charge in [-0.25, -0.2) is 4.68 Å². The molecule has 1 aliphatic rings. The van der Waals surface area contributed by atoms with Crippen molar-refractivity contribution in [1.29, 1.82) is 0 Å². The molecule has 0 aliphatic carbocycles. The predicted octanol–water partition coefficient (Wildman–Crippen LogP) is 3.72. The van der Waals surface area contributed by atoms with Gasteiger partial charge in [0.1, 0.15) is 5.39 Å². The summed E-state index contributed by atoms with van der Waals surface area (Å²) in [5.74, 6) is 1.23. The van der Waals surface area contributed by atoms with Crippen LogP contribution in [0.2, 0.25) is 0 Å². The molecule has 30 heavy (non-hydrogen) atoms. The number of H-pyrrole nitrogens is 1. The molecule has 1 aliphatic heterocycles. The Hall–Kier alpha value is -2.67. The zero-order valence-electron chi connectivity index (χ0n) is 18.4. The first kappa shape index (κ1) is 20.6. The SMILES string of the molecule is CC1CCCN(Cc2ccccc2CNc2nc3c(cnn3C(C)(C)C)c(=O)[nH]2)C1. The van der Waals surface area contributed by atoms with Gasteiger partial charge in [0.05, 0.1) is 11.7 Å². The van der Waals surface area contributed by atoms with Crippen LogP contribution in [0, 0.1) is 5.92 Å². The Morgan fingerprint density at radius 2 is 2.00 bits per heavy atom. The molecule has 0 amide bonds. The summed E-state index contributed by atoms with van der Waals surface area (Å²) in [5.41, 5.74) is 2.72. The van der Waals surface area contributed by atoms with Gasteiger partial charge < -0.3 is 5.32 Å². The lowest BCUT2D eigenvalue weighted by Gasteiger charge is -2.31. The molecular weight excluding hydrogens is 376 g/mol. The van der Waals surface area contributed by atoms with Crippen LogP contribution < -0.4 is 10.9 Å². The summed E-state index contributed by atoms with van der Waals surface area (Å²) >= 11 is 0. The predicted molar refractivity (Wildman–Crippen MR) is 121 cm³/mol. The van der Waals surface area contributed by atoms with Gasteiger partial charge in [0.25, 0.3) is 5.56 Å². The van der Waals surface area contributed by atoms with Gasteiger partial charge in [-0.1, -0.05) is 31.2 Å². The maximum atomic E-state index is 12.5. The van der Waals surface area contributed by atoms with Crippen LogP contribution in [0.1, 0.15) is 51.7 Å². The van der Waals surface area contributed by atoms with E-state index in [1.807, 2.05) is 20.8 Å². The molecule has 1 unspecified atom stereocenters. The van der Waals surface area contributed by atoms with Crippen molar-refractivity contribution >= 4 is 17.0 Å². The van der Waals surface area contributed by atoms with Gasteiger partial charge >= 0.3 is 0 Å². The summed E-state index contributed by atoms with van der Waals surface area (Å²) in [4.78, 5) is 22.6. The van der Waals surface area contributed by atoms with Crippen LogP contribution in [0.3, 0.4) is 0 Å². The molecule has 1 fully saturated rings. The normalized spacial score (nSPS) is 18.1. The van der Waals surface area contributed by atoms with Gasteiger partial charge in [-0.3, -0.25) is 14.7 Å². The molecule has 2 N–H and O–H groups in total. The van der Waals surface area contributed by atoms with Crippen molar-refractivity contribution in [3.8, 4) is 0 Å². The zero-order chi connectivity index (χ0) is 21.3. The summed E-state index contributed by atoms with van der Waals surface area (Å²) < 4.78 is 1.80. The Bertz CT molecular complexity index is 1080. The summed E-state index contributed by atoms with van der Waals surface area (Å²) in [6.45, 7) is 12.4. The number of aromatic nitrogens is 4. The van der Waals surface area contributed by atoms with E-state index in [1.54, 1.807) is 10.9 Å². The van der Waals surface area contributed by atoms with E-state index in [4.69, 9.17) is 0 Å². The number of aromatic amines is 1. The highest BCUT2D eigenvalue weighted by Crippen LogP contribution is 2.21. The highest BCUT2D eigenvalue weighted by Gasteiger charge is 2.20. The van der Waals surface area contributed by atoms with Crippen molar-refractivity contribution in [2.45, 2.75) is 59.2 Å². The van der Waals surface area contributed by atoms with Gasteiger partial charge in [-0.15, -0.1) is 0 Å². The van der Waals surface area contributed by atoms with Crippen LogP contribution in [-0.4, -0.2) is 37.7 Å². The number of rotatable bonds is 5. The van der Waals surface area contributed by atoms with Crippen molar-refractivity contribution in [3.05, 3.63) is 51.9 Å². The summed E-state index contributed by atoms with van der Waals surface area (Å²) in [7, 11) is 0. The second-order valence-electron chi connectivity index (χ2n) is 9.48. The minimum atomic E-state index is -0.252. The molecule has 1 atom stereocenters. The first-order valence-corrected chi connectivity index (χ1v) is 10.8. The van der Waals surface area contributed by atoms with Crippen molar-refractivity contribution in [2.75, 3.05) is 18.4 Å². The second kappa shape index (κ2) is 8.22. The highest BCUT2D eigenvalue weighted by atomic mass is 16.1. The highest BCUT2D eigenvalue weighted by molar-refractivity contribution is 5.74. The van der Waals surface area contributed by atoms with E-state index in [2.05, 4.69) is 56.5 Å². The van der Waals surface area contributed by atoms with Gasteiger partial charge in [-0.05, 0) is 57.2 Å². The molecule has 1 saturated heterocycles. The van der Waals surface area contributed by atoms with E-state index in [0.29, 0.717) is 23.5 Å². The van der Waals surface area contributed by atoms with Crippen LogP contribution in [0.4, 0.5) is 5.95 Å². The molecule has 0 saturated carbocycles. The quantitative estimate of drug-likeness (QED) is 0.673. The molecule has 4 rings (SSSR count). The molecule has 7 nitrogen and oxygen atoms in total. The lowest BCUT2D eigenvalue weighted by atomic mass is 9.99. The maximum absolute atomic E-state index is 12.5. The number of hydrogen-bond donors (Lipinski definition) is 2. The fraction of sp³-hybridized carbons (Fsp3) is 0.522. The molecule has 2 aromatic heterocycles. The van der Waals surface area contributed by atoms with Crippen LogP contribution in [-0.2, 0) is 18.6 Å². The molecule has 0 spiro atoms. The molecule has 0 bridgehead atoms. The number of nitrogens with zero attached hydrogens (tertiary/aromatic N) is 4. The minimum absolute atomic E-state index is 0.173. The molecule has 160 valence electrons. The first-order valence-electron chi connectivity index (χ1n) is 10.8. The number of anilines is 1. The van der Waals surface area contributed by atoms with Crippen LogP contribution in [0.15, 0.2) is 35.3 Å². The van der Waals surface area contributed by atoms with E-state index in [0.717, 1.165) is 25.6 Å². The van der Waals surface area contributed by atoms with Crippen LogP contribution in [0.5, 0.6) is 0 Å². The van der Waals surface area contributed by atoms with Crippen molar-refractivity contribution in [1.82, 2.24) is 24.6 Å². The third-order valence-corrected chi connectivity index (χ3v) is 5.77. The number of hydrogen-bond acceptors (Lipinski definition) is 5. The Morgan fingerprint density at radius 1 is 1.23 bits per heavy atom. The molecule has 3 aromatic rings. The fourth-order valence-electron chi connectivity index (χ4n) is 4.23. The molecule has 0 radical (unpaired) electrons. The molecule has 7 heteroatoms. The summed E-state index contributed by atoms with van der Waals surface area (Å²) in [6.07, 6.45) is 4.19.